The molecular formula is C18H25N5OS. The Morgan fingerprint density at radius 1 is 1.20 bits per heavy atom. The first-order valence-electron chi connectivity index (χ1n) is 8.73. The van der Waals surface area contributed by atoms with E-state index in [1.54, 1.807) is 0 Å². The summed E-state index contributed by atoms with van der Waals surface area (Å²) >= 11 is 1.36. The molecule has 1 amide bonds. The van der Waals surface area contributed by atoms with Crippen LogP contribution < -0.4 is 5.84 Å². The van der Waals surface area contributed by atoms with Crippen LogP contribution in [0.15, 0.2) is 35.5 Å². The Morgan fingerprint density at radius 2 is 1.88 bits per heavy atom. The molecule has 0 aliphatic carbocycles. The van der Waals surface area contributed by atoms with Gasteiger partial charge in [-0.25, -0.2) is 4.68 Å². The molecule has 0 unspecified atom stereocenters. The topological polar surface area (TPSA) is 77.0 Å². The van der Waals surface area contributed by atoms with Crippen molar-refractivity contribution in [3.63, 3.8) is 0 Å². The zero-order valence-electron chi connectivity index (χ0n) is 14.8. The van der Waals surface area contributed by atoms with E-state index in [2.05, 4.69) is 24.0 Å². The van der Waals surface area contributed by atoms with E-state index in [4.69, 9.17) is 5.84 Å². The molecule has 1 aliphatic rings. The summed E-state index contributed by atoms with van der Waals surface area (Å²) in [7, 11) is 0. The first-order chi connectivity index (χ1) is 12.1. The molecule has 0 bridgehead atoms. The van der Waals surface area contributed by atoms with Crippen LogP contribution >= 0.6 is 11.8 Å². The van der Waals surface area contributed by atoms with Crippen LogP contribution in [0, 0.1) is 0 Å². The summed E-state index contributed by atoms with van der Waals surface area (Å²) in [6.07, 6.45) is 3.97. The summed E-state index contributed by atoms with van der Waals surface area (Å²) in [6.45, 7) is 4.25. The van der Waals surface area contributed by atoms with Crippen LogP contribution in [0.2, 0.25) is 0 Å². The van der Waals surface area contributed by atoms with Gasteiger partial charge in [0.1, 0.15) is 0 Å². The van der Waals surface area contributed by atoms with Crippen molar-refractivity contribution >= 4 is 17.7 Å². The van der Waals surface area contributed by atoms with Crippen molar-refractivity contribution < 1.29 is 4.79 Å². The lowest BCUT2D eigenvalue weighted by atomic mass is 9.98. The number of hydrogen-bond donors (Lipinski definition) is 1. The van der Waals surface area contributed by atoms with Gasteiger partial charge in [0.15, 0.2) is 5.82 Å². The second kappa shape index (κ2) is 7.91. The molecule has 2 aromatic rings. The standard InChI is InChI=1S/C18H25N5OS/c1-13-7-6-8-14(2)22(13)17(24)12-25-18-21-20-16(23(18)19)11-15-9-4-3-5-10-15/h3-5,9-10,13-14H,6-8,11-12,19H2,1-2H3/t13-,14-/m0/s1. The molecule has 1 aliphatic heterocycles. The molecule has 0 saturated carbocycles. The molecule has 25 heavy (non-hydrogen) atoms. The average molecular weight is 359 g/mol. The Morgan fingerprint density at radius 3 is 2.56 bits per heavy atom. The fourth-order valence-electron chi connectivity index (χ4n) is 3.42. The molecule has 6 nitrogen and oxygen atoms in total. The number of amides is 1. The van der Waals surface area contributed by atoms with Crippen LogP contribution in [0.1, 0.15) is 44.5 Å². The molecule has 0 radical (unpaired) electrons. The third kappa shape index (κ3) is 4.15. The molecule has 2 atom stereocenters. The highest BCUT2D eigenvalue weighted by Crippen LogP contribution is 2.24. The van der Waals surface area contributed by atoms with Crippen molar-refractivity contribution in [2.24, 2.45) is 0 Å². The average Bonchev–Trinajstić information content (AvgIpc) is 2.94. The van der Waals surface area contributed by atoms with Crippen LogP contribution in [-0.4, -0.2) is 43.5 Å². The number of hydrogen-bond acceptors (Lipinski definition) is 5. The van der Waals surface area contributed by atoms with Crippen LogP contribution in [0.4, 0.5) is 0 Å². The highest BCUT2D eigenvalue weighted by Gasteiger charge is 2.29. The van der Waals surface area contributed by atoms with Gasteiger partial charge in [-0.2, -0.15) is 0 Å². The normalized spacial score (nSPS) is 20.6. The SMILES string of the molecule is C[C@H]1CCC[C@H](C)N1C(=O)CSc1nnc(Cc2ccccc2)n1N. The highest BCUT2D eigenvalue weighted by molar-refractivity contribution is 7.99. The van der Waals surface area contributed by atoms with Crippen molar-refractivity contribution in [2.45, 2.75) is 56.8 Å². The molecule has 1 fully saturated rings. The lowest BCUT2D eigenvalue weighted by Gasteiger charge is -2.39. The highest BCUT2D eigenvalue weighted by atomic mass is 32.2. The van der Waals surface area contributed by atoms with Crippen molar-refractivity contribution in [2.75, 3.05) is 11.6 Å². The molecular weight excluding hydrogens is 334 g/mol. The Kier molecular flexibility index (Phi) is 5.63. The Labute approximate surface area is 152 Å². The van der Waals surface area contributed by atoms with Gasteiger partial charge in [-0.3, -0.25) is 4.79 Å². The zero-order chi connectivity index (χ0) is 17.8. The molecule has 2 N–H and O–H groups in total. The summed E-state index contributed by atoms with van der Waals surface area (Å²) in [5.41, 5.74) is 1.13. The van der Waals surface area contributed by atoms with Gasteiger partial charge in [-0.1, -0.05) is 42.1 Å². The van der Waals surface area contributed by atoms with E-state index in [0.29, 0.717) is 35.2 Å². The summed E-state index contributed by atoms with van der Waals surface area (Å²) < 4.78 is 1.49. The minimum Gasteiger partial charge on any atom is -0.337 e. The molecule has 134 valence electrons. The van der Waals surface area contributed by atoms with Crippen molar-refractivity contribution in [1.82, 2.24) is 19.8 Å². The van der Waals surface area contributed by atoms with E-state index in [1.165, 1.54) is 22.9 Å². The molecule has 1 saturated heterocycles. The van der Waals surface area contributed by atoms with Gasteiger partial charge < -0.3 is 10.7 Å². The van der Waals surface area contributed by atoms with E-state index in [-0.39, 0.29) is 5.91 Å². The maximum atomic E-state index is 12.6. The summed E-state index contributed by atoms with van der Waals surface area (Å²) in [6, 6.07) is 10.6. The second-order valence-electron chi connectivity index (χ2n) is 6.65. The number of piperidine rings is 1. The first kappa shape index (κ1) is 17.8. The smallest absolute Gasteiger partial charge is 0.233 e. The Bertz CT molecular complexity index is 708. The molecule has 1 aromatic carbocycles. The summed E-state index contributed by atoms with van der Waals surface area (Å²) in [4.78, 5) is 14.6. The number of carbonyl (C=O) groups excluding carboxylic acids is 1. The number of nitrogen functional groups attached to an aromatic ring is 1. The number of carbonyl (C=O) groups is 1. The van der Waals surface area contributed by atoms with Crippen molar-refractivity contribution in [3.8, 4) is 0 Å². The number of aromatic nitrogens is 3. The van der Waals surface area contributed by atoms with Crippen molar-refractivity contribution in [1.29, 1.82) is 0 Å². The van der Waals surface area contributed by atoms with Crippen LogP contribution in [0.25, 0.3) is 0 Å². The van der Waals surface area contributed by atoms with E-state index >= 15 is 0 Å². The van der Waals surface area contributed by atoms with Crippen LogP contribution in [0.3, 0.4) is 0 Å². The molecule has 7 heteroatoms. The second-order valence-corrected chi connectivity index (χ2v) is 7.59. The van der Waals surface area contributed by atoms with E-state index in [0.717, 1.165) is 18.4 Å². The maximum absolute atomic E-state index is 12.6. The van der Waals surface area contributed by atoms with Crippen LogP contribution in [0.5, 0.6) is 0 Å². The van der Waals surface area contributed by atoms with Gasteiger partial charge in [0.25, 0.3) is 0 Å². The van der Waals surface area contributed by atoms with Crippen LogP contribution in [-0.2, 0) is 11.2 Å². The fraction of sp³-hybridized carbons (Fsp3) is 0.500. The number of likely N-dealkylation sites (tertiary alicyclic amines) is 1. The Balaban J connectivity index is 1.61. The lowest BCUT2D eigenvalue weighted by Crippen LogP contribution is -2.48. The molecule has 1 aromatic heterocycles. The number of thioether (sulfide) groups is 1. The van der Waals surface area contributed by atoms with Gasteiger partial charge in [0.2, 0.25) is 11.1 Å². The summed E-state index contributed by atoms with van der Waals surface area (Å²) in [5, 5.41) is 8.90. The predicted molar refractivity (Wildman–Crippen MR) is 99.8 cm³/mol. The molecule has 2 heterocycles. The number of nitrogens with two attached hydrogens (primary N) is 1. The first-order valence-corrected chi connectivity index (χ1v) is 9.72. The lowest BCUT2D eigenvalue weighted by molar-refractivity contribution is -0.134. The van der Waals surface area contributed by atoms with Crippen molar-refractivity contribution in [3.05, 3.63) is 41.7 Å². The third-order valence-electron chi connectivity index (χ3n) is 4.75. The van der Waals surface area contributed by atoms with Gasteiger partial charge >= 0.3 is 0 Å². The van der Waals surface area contributed by atoms with Gasteiger partial charge in [-0.05, 0) is 38.7 Å². The number of benzene rings is 1. The minimum absolute atomic E-state index is 0.150. The minimum atomic E-state index is 0.150. The van der Waals surface area contributed by atoms with E-state index in [1.807, 2.05) is 35.2 Å². The predicted octanol–water partition coefficient (Wildman–Crippen LogP) is 2.46. The summed E-state index contributed by atoms with van der Waals surface area (Å²) in [5.74, 6) is 7.30. The molecule has 3 rings (SSSR count). The quantitative estimate of drug-likeness (QED) is 0.655. The van der Waals surface area contributed by atoms with Gasteiger partial charge in [-0.15, -0.1) is 10.2 Å². The fourth-order valence-corrected chi connectivity index (χ4v) is 4.16. The molecule has 0 spiro atoms. The van der Waals surface area contributed by atoms with E-state index < -0.39 is 0 Å². The van der Waals surface area contributed by atoms with E-state index in [9.17, 15) is 4.79 Å². The number of nitrogens with zero attached hydrogens (tertiary/aromatic N) is 4. The van der Waals surface area contributed by atoms with Gasteiger partial charge in [0.05, 0.1) is 5.75 Å². The monoisotopic (exact) mass is 359 g/mol. The van der Waals surface area contributed by atoms with Gasteiger partial charge in [0, 0.05) is 18.5 Å². The zero-order valence-corrected chi connectivity index (χ0v) is 15.6. The third-order valence-corrected chi connectivity index (χ3v) is 5.67. The largest absolute Gasteiger partial charge is 0.337 e. The number of rotatable bonds is 5. The Hall–Kier alpha value is -2.02. The maximum Gasteiger partial charge on any atom is 0.233 e.